The van der Waals surface area contributed by atoms with Gasteiger partial charge in [-0.1, -0.05) is 11.6 Å². The largest absolute Gasteiger partial charge is 0.311 e. The average Bonchev–Trinajstić information content (AvgIpc) is 3.11. The number of benzene rings is 1. The highest BCUT2D eigenvalue weighted by Crippen LogP contribution is 2.42. The van der Waals surface area contributed by atoms with E-state index in [0.29, 0.717) is 27.5 Å². The number of H-pyrrole nitrogens is 1. The fourth-order valence-corrected chi connectivity index (χ4v) is 4.02. The Morgan fingerprint density at radius 1 is 1.38 bits per heavy atom. The molecule has 4 aromatic rings. The molecule has 1 fully saturated rings. The number of aromatic amines is 1. The second-order valence-corrected chi connectivity index (χ2v) is 8.13. The van der Waals surface area contributed by atoms with Gasteiger partial charge in [0.05, 0.1) is 28.2 Å². The molecule has 0 aliphatic heterocycles. The number of nitrogens with zero attached hydrogens (tertiary/aromatic N) is 4. The topological polar surface area (TPSA) is 95.4 Å². The number of hydrogen-bond donors (Lipinski definition) is 2. The second kappa shape index (κ2) is 7.27. The fourth-order valence-electron chi connectivity index (χ4n) is 3.72. The molecule has 1 aromatic carbocycles. The lowest BCUT2D eigenvalue weighted by Gasteiger charge is -2.19. The second-order valence-electron chi connectivity index (χ2n) is 7.75. The van der Waals surface area contributed by atoms with Crippen LogP contribution >= 0.6 is 11.6 Å². The lowest BCUT2D eigenvalue weighted by Crippen LogP contribution is -2.24. The SMILES string of the molecule is CC(=O)N(C)c1c(F)c(Cl)c(-c2ccn3nc(NC(=O)[C@@H]4C[C@@H]4F)cc3c2)c2cn[nH]c12. The van der Waals surface area contributed by atoms with Gasteiger partial charge in [-0.05, 0) is 24.1 Å². The number of amides is 2. The van der Waals surface area contributed by atoms with Crippen molar-refractivity contribution in [1.29, 1.82) is 0 Å². The van der Waals surface area contributed by atoms with Crippen LogP contribution in [0.3, 0.4) is 0 Å². The molecule has 164 valence electrons. The lowest BCUT2D eigenvalue weighted by atomic mass is 10.0. The number of carbonyl (C=O) groups is 2. The van der Waals surface area contributed by atoms with E-state index in [1.165, 1.54) is 29.6 Å². The molecule has 8 nitrogen and oxygen atoms in total. The highest BCUT2D eigenvalue weighted by atomic mass is 35.5. The predicted octanol–water partition coefficient (Wildman–Crippen LogP) is 3.95. The van der Waals surface area contributed by atoms with Crippen LogP contribution in [0.25, 0.3) is 27.5 Å². The molecule has 3 heterocycles. The van der Waals surface area contributed by atoms with Crippen LogP contribution in [0.5, 0.6) is 0 Å². The maximum Gasteiger partial charge on any atom is 0.231 e. The van der Waals surface area contributed by atoms with E-state index >= 15 is 4.39 Å². The third kappa shape index (κ3) is 3.18. The van der Waals surface area contributed by atoms with Gasteiger partial charge in [0.25, 0.3) is 0 Å². The molecule has 1 saturated carbocycles. The molecule has 1 aliphatic rings. The number of pyridine rings is 1. The Morgan fingerprint density at radius 3 is 2.81 bits per heavy atom. The van der Waals surface area contributed by atoms with Gasteiger partial charge in [-0.25, -0.2) is 13.3 Å². The smallest absolute Gasteiger partial charge is 0.231 e. The van der Waals surface area contributed by atoms with Crippen molar-refractivity contribution in [3.8, 4) is 11.1 Å². The molecule has 1 aliphatic carbocycles. The third-order valence-corrected chi connectivity index (χ3v) is 5.98. The molecule has 2 amide bonds. The van der Waals surface area contributed by atoms with Crippen molar-refractivity contribution >= 4 is 51.3 Å². The first-order chi connectivity index (χ1) is 15.3. The Balaban J connectivity index is 1.59. The average molecular weight is 459 g/mol. The van der Waals surface area contributed by atoms with E-state index in [-0.39, 0.29) is 28.9 Å². The zero-order chi connectivity index (χ0) is 22.7. The number of aromatic nitrogens is 4. The van der Waals surface area contributed by atoms with Crippen LogP contribution in [-0.4, -0.2) is 44.8 Å². The first-order valence-corrected chi connectivity index (χ1v) is 10.2. The minimum absolute atomic E-state index is 0.0143. The van der Waals surface area contributed by atoms with E-state index < -0.39 is 23.8 Å². The number of nitrogens with one attached hydrogen (secondary N) is 2. The van der Waals surface area contributed by atoms with Gasteiger partial charge in [-0.15, -0.1) is 0 Å². The van der Waals surface area contributed by atoms with Crippen LogP contribution < -0.4 is 10.2 Å². The van der Waals surface area contributed by atoms with Gasteiger partial charge in [0.2, 0.25) is 11.8 Å². The lowest BCUT2D eigenvalue weighted by molar-refractivity contribution is -0.118. The van der Waals surface area contributed by atoms with Crippen LogP contribution in [0, 0.1) is 11.7 Å². The quantitative estimate of drug-likeness (QED) is 0.484. The summed E-state index contributed by atoms with van der Waals surface area (Å²) in [7, 11) is 1.46. The first kappa shape index (κ1) is 20.4. The summed E-state index contributed by atoms with van der Waals surface area (Å²) in [5, 5.41) is 14.0. The molecule has 0 saturated heterocycles. The number of hydrogen-bond acceptors (Lipinski definition) is 4. The van der Waals surface area contributed by atoms with Gasteiger partial charge in [0.15, 0.2) is 11.6 Å². The number of alkyl halides is 1. The van der Waals surface area contributed by atoms with Gasteiger partial charge >= 0.3 is 0 Å². The highest BCUT2D eigenvalue weighted by molar-refractivity contribution is 6.36. The fraction of sp³-hybridized carbons (Fsp3) is 0.238. The van der Waals surface area contributed by atoms with Crippen LogP contribution in [0.2, 0.25) is 5.02 Å². The van der Waals surface area contributed by atoms with Gasteiger partial charge in [0.1, 0.15) is 11.9 Å². The van der Waals surface area contributed by atoms with Crippen molar-refractivity contribution in [3.63, 3.8) is 0 Å². The van der Waals surface area contributed by atoms with Crippen molar-refractivity contribution in [3.05, 3.63) is 41.4 Å². The Labute approximate surface area is 185 Å². The van der Waals surface area contributed by atoms with Crippen LogP contribution in [0.1, 0.15) is 13.3 Å². The first-order valence-electron chi connectivity index (χ1n) is 9.79. The summed E-state index contributed by atoms with van der Waals surface area (Å²) in [5.41, 5.74) is 1.96. The minimum Gasteiger partial charge on any atom is -0.311 e. The van der Waals surface area contributed by atoms with E-state index in [1.807, 2.05) is 0 Å². The van der Waals surface area contributed by atoms with E-state index in [1.54, 1.807) is 24.4 Å². The molecule has 11 heteroatoms. The number of carbonyl (C=O) groups excluding carboxylic acids is 2. The number of halogens is 3. The number of anilines is 2. The molecular formula is C21H17ClF2N6O2. The monoisotopic (exact) mass is 458 g/mol. The zero-order valence-corrected chi connectivity index (χ0v) is 17.7. The van der Waals surface area contributed by atoms with Crippen molar-refractivity contribution in [2.45, 2.75) is 19.5 Å². The molecule has 0 unspecified atom stereocenters. The van der Waals surface area contributed by atoms with E-state index in [4.69, 9.17) is 11.6 Å². The van der Waals surface area contributed by atoms with Gasteiger partial charge in [0, 0.05) is 37.2 Å². The Morgan fingerprint density at radius 2 is 2.12 bits per heavy atom. The van der Waals surface area contributed by atoms with Crippen LogP contribution in [-0.2, 0) is 9.59 Å². The molecule has 0 spiro atoms. The maximum absolute atomic E-state index is 15.3. The summed E-state index contributed by atoms with van der Waals surface area (Å²) >= 11 is 6.43. The highest BCUT2D eigenvalue weighted by Gasteiger charge is 2.43. The molecule has 2 atom stereocenters. The molecule has 0 radical (unpaired) electrons. The normalized spacial score (nSPS) is 17.7. The van der Waals surface area contributed by atoms with Crippen molar-refractivity contribution in [2.75, 3.05) is 17.3 Å². The molecular weight excluding hydrogens is 442 g/mol. The summed E-state index contributed by atoms with van der Waals surface area (Å²) in [4.78, 5) is 25.0. The minimum atomic E-state index is -1.10. The molecule has 2 N–H and O–H groups in total. The summed E-state index contributed by atoms with van der Waals surface area (Å²) in [6, 6.07) is 5.07. The van der Waals surface area contributed by atoms with Gasteiger partial charge in [-0.3, -0.25) is 14.7 Å². The maximum atomic E-state index is 15.3. The van der Waals surface area contributed by atoms with E-state index in [9.17, 15) is 14.0 Å². The Hall–Kier alpha value is -3.53. The number of fused-ring (bicyclic) bond motifs is 2. The van der Waals surface area contributed by atoms with Crippen molar-refractivity contribution in [1.82, 2.24) is 19.8 Å². The standard InChI is InChI=1S/C21H17ClF2N6O2/c1-9(31)29(2)20-18(24)17(22)16(13-8-25-27-19(13)20)10-3-4-30-11(5-10)6-15(28-30)26-21(32)12-7-14(12)23/h3-6,8,12,14H,7H2,1-2H3,(H,25,27)(H,26,28,32)/t12-,14+/m1/s1. The van der Waals surface area contributed by atoms with Gasteiger partial charge < -0.3 is 10.2 Å². The Kier molecular flexibility index (Phi) is 4.63. The molecule has 32 heavy (non-hydrogen) atoms. The van der Waals surface area contributed by atoms with Crippen LogP contribution in [0.4, 0.5) is 20.3 Å². The van der Waals surface area contributed by atoms with Gasteiger partial charge in [-0.2, -0.15) is 10.2 Å². The number of rotatable bonds is 4. The third-order valence-electron chi connectivity index (χ3n) is 5.63. The predicted molar refractivity (Wildman–Crippen MR) is 116 cm³/mol. The van der Waals surface area contributed by atoms with Crippen molar-refractivity contribution < 1.29 is 18.4 Å². The summed E-state index contributed by atoms with van der Waals surface area (Å²) in [6.07, 6.45) is 2.29. The van der Waals surface area contributed by atoms with E-state index in [0.717, 1.165) is 0 Å². The summed E-state index contributed by atoms with van der Waals surface area (Å²) in [5.74, 6) is -1.85. The molecule has 0 bridgehead atoms. The summed E-state index contributed by atoms with van der Waals surface area (Å²) in [6.45, 7) is 1.32. The summed E-state index contributed by atoms with van der Waals surface area (Å²) < 4.78 is 29.9. The molecule has 3 aromatic heterocycles. The molecule has 5 rings (SSSR count). The van der Waals surface area contributed by atoms with Crippen molar-refractivity contribution in [2.24, 2.45) is 5.92 Å². The van der Waals surface area contributed by atoms with Crippen LogP contribution in [0.15, 0.2) is 30.6 Å². The zero-order valence-electron chi connectivity index (χ0n) is 17.0. The Bertz CT molecular complexity index is 1410. The van der Waals surface area contributed by atoms with E-state index in [2.05, 4.69) is 20.6 Å².